The van der Waals surface area contributed by atoms with E-state index < -0.39 is 36.9 Å². The molecule has 1 aliphatic heterocycles. The number of aliphatic hydroxyl groups is 1. The van der Waals surface area contributed by atoms with Crippen LogP contribution in [0.25, 0.3) is 0 Å². The summed E-state index contributed by atoms with van der Waals surface area (Å²) >= 11 is 0. The highest BCUT2D eigenvalue weighted by atomic mass is 16.7. The van der Waals surface area contributed by atoms with Crippen LogP contribution in [0, 0.1) is 0 Å². The van der Waals surface area contributed by atoms with Gasteiger partial charge >= 0.3 is 12.1 Å². The highest BCUT2D eigenvalue weighted by Crippen LogP contribution is 2.24. The van der Waals surface area contributed by atoms with Crippen molar-refractivity contribution in [3.8, 4) is 0 Å². The Kier molecular flexibility index (Phi) is 5.09. The zero-order valence-electron chi connectivity index (χ0n) is 12.0. The van der Waals surface area contributed by atoms with Crippen LogP contribution in [-0.2, 0) is 25.7 Å². The quantitative estimate of drug-likeness (QED) is 0.351. The van der Waals surface area contributed by atoms with Crippen LogP contribution in [0.15, 0.2) is 42.5 Å². The van der Waals surface area contributed by atoms with E-state index in [4.69, 9.17) is 14.6 Å². The average molecular weight is 321 g/mol. The number of aliphatic hydroxyl groups excluding tert-OH is 1. The molecule has 8 heteroatoms. The SMILES string of the molecule is C=C1C(=O)N(C(=O)O)C(C(=O)OCOCc2ccccc2)C1O. The van der Waals surface area contributed by atoms with Crippen molar-refractivity contribution in [3.05, 3.63) is 48.0 Å². The normalized spacial score (nSPS) is 20.7. The summed E-state index contributed by atoms with van der Waals surface area (Å²) < 4.78 is 9.91. The molecule has 2 N–H and O–H groups in total. The molecule has 1 aliphatic rings. The molecule has 0 spiro atoms. The first-order valence-electron chi connectivity index (χ1n) is 6.65. The number of benzene rings is 1. The lowest BCUT2D eigenvalue weighted by atomic mass is 10.1. The molecule has 1 heterocycles. The predicted molar refractivity (Wildman–Crippen MR) is 76.0 cm³/mol. The lowest BCUT2D eigenvalue weighted by Crippen LogP contribution is -2.46. The maximum atomic E-state index is 11.9. The van der Waals surface area contributed by atoms with Gasteiger partial charge in [-0.25, -0.2) is 14.5 Å². The van der Waals surface area contributed by atoms with Gasteiger partial charge in [-0.15, -0.1) is 0 Å². The minimum Gasteiger partial charge on any atom is -0.465 e. The molecule has 2 unspecified atom stereocenters. The van der Waals surface area contributed by atoms with E-state index in [0.717, 1.165) is 5.56 Å². The molecule has 2 atom stereocenters. The Balaban J connectivity index is 1.90. The van der Waals surface area contributed by atoms with Gasteiger partial charge in [0.25, 0.3) is 5.91 Å². The van der Waals surface area contributed by atoms with Gasteiger partial charge in [-0.05, 0) is 5.56 Å². The van der Waals surface area contributed by atoms with Gasteiger partial charge in [-0.2, -0.15) is 0 Å². The first kappa shape index (κ1) is 16.7. The molecule has 1 saturated heterocycles. The highest BCUT2D eigenvalue weighted by Gasteiger charge is 2.50. The van der Waals surface area contributed by atoms with Crippen LogP contribution < -0.4 is 0 Å². The van der Waals surface area contributed by atoms with Crippen molar-refractivity contribution < 1.29 is 34.1 Å². The fraction of sp³-hybridized carbons (Fsp3) is 0.267. The maximum absolute atomic E-state index is 11.9. The number of imide groups is 1. The van der Waals surface area contributed by atoms with Gasteiger partial charge in [0.15, 0.2) is 12.8 Å². The number of carbonyl (C=O) groups excluding carboxylic acids is 2. The summed E-state index contributed by atoms with van der Waals surface area (Å²) in [4.78, 5) is 34.8. The van der Waals surface area contributed by atoms with Crippen molar-refractivity contribution in [2.45, 2.75) is 18.8 Å². The van der Waals surface area contributed by atoms with Crippen molar-refractivity contribution >= 4 is 18.0 Å². The van der Waals surface area contributed by atoms with E-state index in [1.807, 2.05) is 30.3 Å². The summed E-state index contributed by atoms with van der Waals surface area (Å²) in [6.45, 7) is 3.02. The minimum absolute atomic E-state index is 0.190. The third-order valence-corrected chi connectivity index (χ3v) is 3.27. The molecule has 0 saturated carbocycles. The van der Waals surface area contributed by atoms with Gasteiger partial charge in [-0.3, -0.25) is 4.79 Å². The van der Waals surface area contributed by atoms with E-state index in [9.17, 15) is 19.5 Å². The minimum atomic E-state index is -1.67. The summed E-state index contributed by atoms with van der Waals surface area (Å²) in [7, 11) is 0. The van der Waals surface area contributed by atoms with Gasteiger partial charge in [0, 0.05) is 5.57 Å². The number of ether oxygens (including phenoxy) is 2. The van der Waals surface area contributed by atoms with E-state index in [2.05, 4.69) is 6.58 Å². The van der Waals surface area contributed by atoms with Gasteiger partial charge in [0.05, 0.1) is 6.61 Å². The predicted octanol–water partition coefficient (Wildman–Crippen LogP) is 0.510. The van der Waals surface area contributed by atoms with Crippen molar-refractivity contribution in [3.63, 3.8) is 0 Å². The van der Waals surface area contributed by atoms with E-state index in [-0.39, 0.29) is 17.1 Å². The summed E-state index contributed by atoms with van der Waals surface area (Å²) in [6.07, 6.45) is -3.31. The fourth-order valence-corrected chi connectivity index (χ4v) is 2.10. The third-order valence-electron chi connectivity index (χ3n) is 3.27. The van der Waals surface area contributed by atoms with E-state index in [1.165, 1.54) is 0 Å². The van der Waals surface area contributed by atoms with Gasteiger partial charge in [0.2, 0.25) is 0 Å². The number of rotatable bonds is 5. The Hall–Kier alpha value is -2.71. The standard InChI is InChI=1S/C15H15NO7/c1-9-12(17)11(16(13(9)18)15(20)21)14(19)23-8-22-7-10-5-3-2-4-6-10/h2-6,11-12,17H,1,7-8H2,(H,20,21). The summed E-state index contributed by atoms with van der Waals surface area (Å²) in [5.41, 5.74) is 0.486. The van der Waals surface area contributed by atoms with Crippen molar-refractivity contribution in [2.75, 3.05) is 6.79 Å². The van der Waals surface area contributed by atoms with Gasteiger partial charge in [-0.1, -0.05) is 36.9 Å². The first-order chi connectivity index (χ1) is 10.9. The van der Waals surface area contributed by atoms with Crippen LogP contribution in [0.2, 0.25) is 0 Å². The Morgan fingerprint density at radius 2 is 1.91 bits per heavy atom. The van der Waals surface area contributed by atoms with Crippen LogP contribution in [0.1, 0.15) is 5.56 Å². The van der Waals surface area contributed by atoms with Crippen LogP contribution >= 0.6 is 0 Å². The first-order valence-corrected chi connectivity index (χ1v) is 6.65. The second kappa shape index (κ2) is 7.03. The van der Waals surface area contributed by atoms with Crippen LogP contribution in [0.5, 0.6) is 0 Å². The number of hydrogen-bond donors (Lipinski definition) is 2. The number of amides is 2. The largest absolute Gasteiger partial charge is 0.465 e. The molecule has 0 radical (unpaired) electrons. The second-order valence-electron chi connectivity index (χ2n) is 4.79. The van der Waals surface area contributed by atoms with E-state index in [1.54, 1.807) is 0 Å². The zero-order chi connectivity index (χ0) is 17.0. The van der Waals surface area contributed by atoms with Crippen molar-refractivity contribution in [1.29, 1.82) is 0 Å². The molecule has 1 fully saturated rings. The Morgan fingerprint density at radius 3 is 2.52 bits per heavy atom. The topological polar surface area (TPSA) is 113 Å². The second-order valence-corrected chi connectivity index (χ2v) is 4.79. The molecule has 2 rings (SSSR count). The Bertz CT molecular complexity index is 628. The van der Waals surface area contributed by atoms with Crippen molar-refractivity contribution in [2.24, 2.45) is 0 Å². The average Bonchev–Trinajstić information content (AvgIpc) is 2.76. The number of esters is 1. The molecule has 23 heavy (non-hydrogen) atoms. The van der Waals surface area contributed by atoms with Gasteiger partial charge < -0.3 is 19.7 Å². The maximum Gasteiger partial charge on any atom is 0.415 e. The lowest BCUT2D eigenvalue weighted by molar-refractivity contribution is -0.165. The Labute approximate surface area is 131 Å². The monoisotopic (exact) mass is 321 g/mol. The summed E-state index contributed by atoms with van der Waals surface area (Å²) in [5.74, 6) is -2.11. The summed E-state index contributed by atoms with van der Waals surface area (Å²) in [5, 5.41) is 18.8. The molecule has 8 nitrogen and oxygen atoms in total. The lowest BCUT2D eigenvalue weighted by Gasteiger charge is -2.19. The molecule has 122 valence electrons. The molecule has 1 aromatic rings. The van der Waals surface area contributed by atoms with Crippen LogP contribution in [-0.4, -0.2) is 52.0 Å². The Morgan fingerprint density at radius 1 is 1.26 bits per heavy atom. The number of likely N-dealkylation sites (tertiary alicyclic amines) is 1. The van der Waals surface area contributed by atoms with Gasteiger partial charge in [0.1, 0.15) is 6.10 Å². The molecule has 0 bridgehead atoms. The smallest absolute Gasteiger partial charge is 0.415 e. The summed E-state index contributed by atoms with van der Waals surface area (Å²) in [6, 6.07) is 7.44. The zero-order valence-corrected chi connectivity index (χ0v) is 12.0. The molecule has 0 aromatic heterocycles. The molecule has 1 aromatic carbocycles. The van der Waals surface area contributed by atoms with E-state index >= 15 is 0 Å². The van der Waals surface area contributed by atoms with Crippen molar-refractivity contribution in [1.82, 2.24) is 4.90 Å². The molecular weight excluding hydrogens is 306 g/mol. The molecule has 0 aliphatic carbocycles. The van der Waals surface area contributed by atoms with Crippen LogP contribution in [0.4, 0.5) is 4.79 Å². The molecular formula is C15H15NO7. The third kappa shape index (κ3) is 3.55. The molecule has 2 amide bonds. The number of carboxylic acid groups (broad SMARTS) is 1. The number of hydrogen-bond acceptors (Lipinski definition) is 6. The fourth-order valence-electron chi connectivity index (χ4n) is 2.10. The number of carbonyl (C=O) groups is 3. The number of nitrogens with zero attached hydrogens (tertiary/aromatic N) is 1. The van der Waals surface area contributed by atoms with E-state index in [0.29, 0.717) is 0 Å². The highest BCUT2D eigenvalue weighted by molar-refractivity contribution is 6.09. The van der Waals surface area contributed by atoms with Crippen LogP contribution in [0.3, 0.4) is 0 Å².